The van der Waals surface area contributed by atoms with Crippen LogP contribution in [0.25, 0.3) is 0 Å². The van der Waals surface area contributed by atoms with Crippen LogP contribution in [-0.2, 0) is 39.0 Å². The maximum Gasteiger partial charge on any atom is 0.244 e. The third kappa shape index (κ3) is 7.97. The highest BCUT2D eigenvalue weighted by Crippen LogP contribution is 2.25. The highest BCUT2D eigenvalue weighted by atomic mass is 32.2. The van der Waals surface area contributed by atoms with E-state index in [9.17, 15) is 18.0 Å². The number of benzene rings is 3. The van der Waals surface area contributed by atoms with E-state index in [1.807, 2.05) is 80.6 Å². The minimum Gasteiger partial charge on any atom is -0.352 e. The Morgan fingerprint density at radius 2 is 1.51 bits per heavy atom. The number of hydrogen-bond donors (Lipinski definition) is 1. The topological polar surface area (TPSA) is 86.8 Å². The summed E-state index contributed by atoms with van der Waals surface area (Å²) in [6.07, 6.45) is 6.04. The highest BCUT2D eigenvalue weighted by Gasteiger charge is 2.34. The largest absolute Gasteiger partial charge is 0.352 e. The van der Waals surface area contributed by atoms with Crippen molar-refractivity contribution in [1.29, 1.82) is 0 Å². The fourth-order valence-corrected chi connectivity index (χ4v) is 6.42. The van der Waals surface area contributed by atoms with Crippen molar-refractivity contribution in [2.24, 2.45) is 0 Å². The molecule has 7 nitrogen and oxygen atoms in total. The summed E-state index contributed by atoms with van der Waals surface area (Å²) in [6.45, 7) is 3.72. The highest BCUT2D eigenvalue weighted by molar-refractivity contribution is 7.92. The predicted molar refractivity (Wildman–Crippen MR) is 164 cm³/mol. The molecule has 3 aromatic carbocycles. The summed E-state index contributed by atoms with van der Waals surface area (Å²) in [6, 6.07) is 23.9. The van der Waals surface area contributed by atoms with Gasteiger partial charge in [-0.05, 0) is 54.5 Å². The quantitative estimate of drug-likeness (QED) is 0.329. The fraction of sp³-hybridized carbons (Fsp3) is 0.394. The smallest absolute Gasteiger partial charge is 0.244 e. The molecule has 8 heteroatoms. The minimum absolute atomic E-state index is 0.0835. The third-order valence-corrected chi connectivity index (χ3v) is 9.02. The Labute approximate surface area is 244 Å². The normalized spacial score (nSPS) is 14.4. The molecule has 0 heterocycles. The van der Waals surface area contributed by atoms with Gasteiger partial charge in [0, 0.05) is 19.0 Å². The van der Waals surface area contributed by atoms with Crippen molar-refractivity contribution in [3.05, 3.63) is 101 Å². The van der Waals surface area contributed by atoms with Crippen LogP contribution in [0, 0.1) is 6.92 Å². The van der Waals surface area contributed by atoms with E-state index in [1.165, 1.54) is 4.31 Å². The van der Waals surface area contributed by atoms with Crippen LogP contribution >= 0.6 is 0 Å². The molecular formula is C33H41N3O4S. The number of para-hydroxylation sites is 1. The van der Waals surface area contributed by atoms with Gasteiger partial charge in [-0.25, -0.2) is 8.42 Å². The number of nitrogens with one attached hydrogen (secondary N) is 1. The molecule has 1 atom stereocenters. The maximum absolute atomic E-state index is 14.3. The van der Waals surface area contributed by atoms with Crippen molar-refractivity contribution in [2.75, 3.05) is 17.1 Å². The van der Waals surface area contributed by atoms with E-state index in [1.54, 1.807) is 17.0 Å². The Balaban J connectivity index is 1.75. The second-order valence-corrected chi connectivity index (χ2v) is 12.8. The van der Waals surface area contributed by atoms with Crippen LogP contribution in [0.1, 0.15) is 54.9 Å². The average molecular weight is 576 g/mol. The Morgan fingerprint density at radius 1 is 0.902 bits per heavy atom. The second-order valence-electron chi connectivity index (χ2n) is 10.9. The molecule has 1 N–H and O–H groups in total. The van der Waals surface area contributed by atoms with Gasteiger partial charge in [0.15, 0.2) is 0 Å². The SMILES string of the molecule is CCc1ccccc1N(CC(=O)N(Cc1ccccc1C)[C@@H](Cc1ccccc1)C(=O)NC1CCCC1)S(C)(=O)=O. The monoisotopic (exact) mass is 575 g/mol. The summed E-state index contributed by atoms with van der Waals surface area (Å²) < 4.78 is 27.3. The number of aryl methyl sites for hydroxylation is 2. The molecule has 0 bridgehead atoms. The maximum atomic E-state index is 14.3. The number of rotatable bonds is 12. The number of nitrogens with zero attached hydrogens (tertiary/aromatic N) is 2. The van der Waals surface area contributed by atoms with Crippen LogP contribution in [0.3, 0.4) is 0 Å². The van der Waals surface area contributed by atoms with E-state index in [2.05, 4.69) is 5.32 Å². The van der Waals surface area contributed by atoms with Crippen molar-refractivity contribution in [3.63, 3.8) is 0 Å². The molecule has 1 fully saturated rings. The van der Waals surface area contributed by atoms with Crippen molar-refractivity contribution < 1.29 is 18.0 Å². The lowest BCUT2D eigenvalue weighted by molar-refractivity contribution is -0.140. The summed E-state index contributed by atoms with van der Waals surface area (Å²) in [5.74, 6) is -0.630. The van der Waals surface area contributed by atoms with E-state index in [0.717, 1.165) is 54.2 Å². The van der Waals surface area contributed by atoms with Crippen LogP contribution in [0.4, 0.5) is 5.69 Å². The van der Waals surface area contributed by atoms with E-state index in [0.29, 0.717) is 18.5 Å². The molecular weight excluding hydrogens is 534 g/mol. The fourth-order valence-electron chi connectivity index (χ4n) is 5.54. The van der Waals surface area contributed by atoms with Gasteiger partial charge in [0.1, 0.15) is 12.6 Å². The molecule has 1 aliphatic carbocycles. The summed E-state index contributed by atoms with van der Waals surface area (Å²) in [4.78, 5) is 29.8. The molecule has 0 aliphatic heterocycles. The molecule has 0 unspecified atom stereocenters. The first-order valence-electron chi connectivity index (χ1n) is 14.4. The molecule has 1 saturated carbocycles. The van der Waals surface area contributed by atoms with Gasteiger partial charge in [-0.3, -0.25) is 13.9 Å². The van der Waals surface area contributed by atoms with Crippen molar-refractivity contribution in [3.8, 4) is 0 Å². The molecule has 218 valence electrons. The molecule has 41 heavy (non-hydrogen) atoms. The number of anilines is 1. The molecule has 2 amide bonds. The summed E-state index contributed by atoms with van der Waals surface area (Å²) in [5.41, 5.74) is 4.15. The van der Waals surface area contributed by atoms with Gasteiger partial charge in [0.05, 0.1) is 11.9 Å². The first kappa shape index (κ1) is 30.3. The third-order valence-electron chi connectivity index (χ3n) is 7.90. The van der Waals surface area contributed by atoms with E-state index in [-0.39, 0.29) is 18.5 Å². The summed E-state index contributed by atoms with van der Waals surface area (Å²) in [5, 5.41) is 3.20. The van der Waals surface area contributed by atoms with Crippen molar-refractivity contribution in [1.82, 2.24) is 10.2 Å². The standard InChI is InChI=1S/C33H41N3O4S/c1-4-27-17-10-13-21-30(27)36(41(3,39)40)24-32(37)35(23-28-18-9-8-14-25(28)2)31(22-26-15-6-5-7-16-26)33(38)34-29-19-11-12-20-29/h5-10,13-18,21,29,31H,4,11-12,19-20,22-24H2,1-3H3,(H,34,38)/t31-/m0/s1. The van der Waals surface area contributed by atoms with Crippen LogP contribution in [-0.4, -0.2) is 50.0 Å². The number of carbonyl (C=O) groups excluding carboxylic acids is 2. The van der Waals surface area contributed by atoms with E-state index in [4.69, 9.17) is 0 Å². The lowest BCUT2D eigenvalue weighted by Gasteiger charge is -2.34. The van der Waals surface area contributed by atoms with Gasteiger partial charge in [0.25, 0.3) is 0 Å². The molecule has 0 saturated heterocycles. The molecule has 0 radical (unpaired) electrons. The molecule has 0 aromatic heterocycles. The number of sulfonamides is 1. The van der Waals surface area contributed by atoms with Crippen molar-refractivity contribution in [2.45, 2.75) is 71.0 Å². The predicted octanol–water partition coefficient (Wildman–Crippen LogP) is 5.02. The van der Waals surface area contributed by atoms with Crippen molar-refractivity contribution >= 4 is 27.5 Å². The summed E-state index contributed by atoms with van der Waals surface area (Å²) in [7, 11) is -3.80. The first-order valence-corrected chi connectivity index (χ1v) is 16.3. The van der Waals surface area contributed by atoms with Gasteiger partial charge in [-0.1, -0.05) is 92.6 Å². The zero-order valence-corrected chi connectivity index (χ0v) is 25.1. The molecule has 1 aliphatic rings. The number of hydrogen-bond acceptors (Lipinski definition) is 4. The zero-order chi connectivity index (χ0) is 29.4. The van der Waals surface area contributed by atoms with Gasteiger partial charge in [0.2, 0.25) is 21.8 Å². The van der Waals surface area contributed by atoms with Gasteiger partial charge < -0.3 is 10.2 Å². The first-order chi connectivity index (χ1) is 19.7. The summed E-state index contributed by atoms with van der Waals surface area (Å²) >= 11 is 0. The molecule has 4 rings (SSSR count). The number of amides is 2. The van der Waals surface area contributed by atoms with Gasteiger partial charge in [-0.2, -0.15) is 0 Å². The average Bonchev–Trinajstić information content (AvgIpc) is 3.47. The lowest BCUT2D eigenvalue weighted by Crippen LogP contribution is -2.54. The van der Waals surface area contributed by atoms with Crippen LogP contribution in [0.5, 0.6) is 0 Å². The Kier molecular flexibility index (Phi) is 10.2. The van der Waals surface area contributed by atoms with E-state index < -0.39 is 28.5 Å². The van der Waals surface area contributed by atoms with Gasteiger partial charge >= 0.3 is 0 Å². The van der Waals surface area contributed by atoms with E-state index >= 15 is 0 Å². The second kappa shape index (κ2) is 13.8. The Morgan fingerprint density at radius 3 is 2.15 bits per heavy atom. The van der Waals surface area contributed by atoms with Crippen LogP contribution in [0.2, 0.25) is 0 Å². The van der Waals surface area contributed by atoms with Crippen LogP contribution in [0.15, 0.2) is 78.9 Å². The minimum atomic E-state index is -3.80. The Bertz CT molecular complexity index is 1440. The van der Waals surface area contributed by atoms with Gasteiger partial charge in [-0.15, -0.1) is 0 Å². The Hall–Kier alpha value is -3.65. The lowest BCUT2D eigenvalue weighted by atomic mass is 10.0. The van der Waals surface area contributed by atoms with Crippen LogP contribution < -0.4 is 9.62 Å². The number of carbonyl (C=O) groups is 2. The zero-order valence-electron chi connectivity index (χ0n) is 24.3. The molecule has 3 aromatic rings. The molecule has 0 spiro atoms.